The quantitative estimate of drug-likeness (QED) is 0.624. The molecule has 0 radical (unpaired) electrons. The Kier molecular flexibility index (Phi) is 3.50. The molecule has 1 aliphatic heterocycles. The Morgan fingerprint density at radius 3 is 2.87 bits per heavy atom. The molecule has 1 aromatic heterocycles. The summed E-state index contributed by atoms with van der Waals surface area (Å²) in [6, 6.07) is 0. The molecule has 2 rings (SSSR count). The Balaban J connectivity index is 2.23. The molecule has 1 N–H and O–H groups in total. The summed E-state index contributed by atoms with van der Waals surface area (Å²) in [6.07, 6.45) is 3.35. The lowest BCUT2D eigenvalue weighted by Crippen LogP contribution is -2.36. The van der Waals surface area contributed by atoms with Crippen LogP contribution in [0.5, 0.6) is 0 Å². The molecule has 1 saturated heterocycles. The van der Waals surface area contributed by atoms with Gasteiger partial charge in [0.25, 0.3) is 5.56 Å². The third-order valence-electron chi connectivity index (χ3n) is 2.50. The minimum Gasteiger partial charge on any atom is -0.355 e. The van der Waals surface area contributed by atoms with Gasteiger partial charge in [-0.25, -0.2) is 4.98 Å². The first kappa shape index (κ1) is 11.2. The van der Waals surface area contributed by atoms with E-state index >= 15 is 0 Å². The van der Waals surface area contributed by atoms with Crippen molar-refractivity contribution in [3.05, 3.63) is 20.3 Å². The molecule has 0 spiro atoms. The first-order valence-corrected chi connectivity index (χ1v) is 6.32. The smallest absolute Gasteiger partial charge is 0.266 e. The van der Waals surface area contributed by atoms with E-state index in [1.165, 1.54) is 6.33 Å². The molecule has 0 bridgehead atoms. The molecule has 0 aromatic carbocycles. The Morgan fingerprint density at radius 1 is 1.53 bits per heavy atom. The lowest BCUT2D eigenvalue weighted by atomic mass is 10.1. The fraction of sp³-hybridized carbons (Fsp3) is 0.556. The third-order valence-corrected chi connectivity index (χ3v) is 3.91. The average Bonchev–Trinajstić information content (AvgIpc) is 2.24. The summed E-state index contributed by atoms with van der Waals surface area (Å²) in [7, 11) is 0. The highest BCUT2D eigenvalue weighted by Gasteiger charge is 2.20. The van der Waals surface area contributed by atoms with Crippen molar-refractivity contribution in [2.75, 3.05) is 18.0 Å². The summed E-state index contributed by atoms with van der Waals surface area (Å²) in [5.41, 5.74) is -0.0754. The molecule has 0 aliphatic carbocycles. The van der Waals surface area contributed by atoms with Crippen LogP contribution in [0.1, 0.15) is 12.8 Å². The van der Waals surface area contributed by atoms with Gasteiger partial charge in [0, 0.05) is 18.5 Å². The zero-order valence-electron chi connectivity index (χ0n) is 8.04. The van der Waals surface area contributed by atoms with Gasteiger partial charge in [0.2, 0.25) is 0 Å². The van der Waals surface area contributed by atoms with Gasteiger partial charge in [-0.1, -0.05) is 0 Å². The fourth-order valence-electron chi connectivity index (χ4n) is 1.65. The molecule has 1 fully saturated rings. The molecule has 0 unspecified atom stereocenters. The number of halogens is 2. The van der Waals surface area contributed by atoms with Crippen molar-refractivity contribution in [1.82, 2.24) is 9.97 Å². The number of anilines is 1. The fourth-order valence-corrected chi connectivity index (χ4v) is 2.49. The maximum absolute atomic E-state index is 11.4. The molecule has 1 aromatic rings. The molecule has 82 valence electrons. The van der Waals surface area contributed by atoms with Crippen LogP contribution in [0.25, 0.3) is 0 Å². The summed E-state index contributed by atoms with van der Waals surface area (Å²) in [5.74, 6) is 0.780. The zero-order valence-corrected chi connectivity index (χ0v) is 11.0. The predicted molar refractivity (Wildman–Crippen MR) is 68.7 cm³/mol. The van der Waals surface area contributed by atoms with Crippen LogP contribution in [0.4, 0.5) is 5.82 Å². The van der Waals surface area contributed by atoms with E-state index in [-0.39, 0.29) is 10.9 Å². The number of aromatic nitrogens is 2. The third kappa shape index (κ3) is 2.44. The number of aromatic amines is 1. The molecular weight excluding hydrogens is 328 g/mol. The van der Waals surface area contributed by atoms with E-state index in [4.69, 9.17) is 11.6 Å². The van der Waals surface area contributed by atoms with E-state index in [0.29, 0.717) is 3.57 Å². The number of rotatable bonds is 1. The van der Waals surface area contributed by atoms with E-state index in [1.54, 1.807) is 0 Å². The summed E-state index contributed by atoms with van der Waals surface area (Å²) in [4.78, 5) is 20.3. The van der Waals surface area contributed by atoms with Crippen LogP contribution in [0.15, 0.2) is 11.1 Å². The Labute approximate surface area is 106 Å². The second-order valence-corrected chi connectivity index (χ2v) is 5.23. The summed E-state index contributed by atoms with van der Waals surface area (Å²) < 4.78 is 0.656. The zero-order chi connectivity index (χ0) is 10.8. The van der Waals surface area contributed by atoms with Gasteiger partial charge in [-0.05, 0) is 35.4 Å². The molecule has 2 heterocycles. The van der Waals surface area contributed by atoms with Gasteiger partial charge in [-0.15, -0.1) is 11.6 Å². The van der Waals surface area contributed by atoms with Crippen LogP contribution >= 0.6 is 34.2 Å². The predicted octanol–water partition coefficient (Wildman–Crippen LogP) is 1.58. The Morgan fingerprint density at radius 2 is 2.20 bits per heavy atom. The number of hydrogen-bond donors (Lipinski definition) is 1. The van der Waals surface area contributed by atoms with E-state index < -0.39 is 0 Å². The normalized spacial score (nSPS) is 18.1. The molecular formula is C9H11ClIN3O. The topological polar surface area (TPSA) is 49.0 Å². The van der Waals surface area contributed by atoms with Gasteiger partial charge in [-0.2, -0.15) is 0 Å². The van der Waals surface area contributed by atoms with Crippen molar-refractivity contribution in [1.29, 1.82) is 0 Å². The summed E-state index contributed by atoms with van der Waals surface area (Å²) >= 11 is 8.06. The van der Waals surface area contributed by atoms with Gasteiger partial charge in [-0.3, -0.25) is 4.79 Å². The first-order chi connectivity index (χ1) is 7.18. The van der Waals surface area contributed by atoms with E-state index in [9.17, 15) is 4.79 Å². The van der Waals surface area contributed by atoms with E-state index in [0.717, 1.165) is 31.7 Å². The molecule has 0 amide bonds. The van der Waals surface area contributed by atoms with Crippen LogP contribution in [-0.4, -0.2) is 28.4 Å². The molecule has 4 nitrogen and oxygen atoms in total. The van der Waals surface area contributed by atoms with Gasteiger partial charge in [0.1, 0.15) is 9.39 Å². The molecule has 15 heavy (non-hydrogen) atoms. The molecule has 1 aliphatic rings. The van der Waals surface area contributed by atoms with E-state index in [1.807, 2.05) is 22.6 Å². The number of alkyl halides is 1. The maximum atomic E-state index is 11.4. The van der Waals surface area contributed by atoms with Gasteiger partial charge in [0.15, 0.2) is 0 Å². The van der Waals surface area contributed by atoms with Crippen molar-refractivity contribution < 1.29 is 0 Å². The standard InChI is InChI=1S/C9H11ClIN3O/c10-6-1-3-14(4-2-6)8-7(11)9(15)13-5-12-8/h5-6H,1-4H2,(H,12,13,15). The number of piperidine rings is 1. The van der Waals surface area contributed by atoms with Crippen LogP contribution < -0.4 is 10.5 Å². The second kappa shape index (κ2) is 4.69. The van der Waals surface area contributed by atoms with Crippen LogP contribution in [0.2, 0.25) is 0 Å². The summed E-state index contributed by atoms with van der Waals surface area (Å²) in [6.45, 7) is 1.75. The lowest BCUT2D eigenvalue weighted by Gasteiger charge is -2.30. The van der Waals surface area contributed by atoms with Crippen molar-refractivity contribution in [2.45, 2.75) is 18.2 Å². The highest BCUT2D eigenvalue weighted by atomic mass is 127. The van der Waals surface area contributed by atoms with Crippen LogP contribution in [-0.2, 0) is 0 Å². The van der Waals surface area contributed by atoms with Crippen molar-refractivity contribution >= 4 is 40.0 Å². The average molecular weight is 340 g/mol. The Hall–Kier alpha value is -0.300. The van der Waals surface area contributed by atoms with Crippen LogP contribution in [0, 0.1) is 3.57 Å². The number of hydrogen-bond acceptors (Lipinski definition) is 3. The lowest BCUT2D eigenvalue weighted by molar-refractivity contribution is 0.579. The molecule has 0 atom stereocenters. The van der Waals surface area contributed by atoms with Gasteiger partial charge in [0.05, 0.1) is 6.33 Å². The summed E-state index contributed by atoms with van der Waals surface area (Å²) in [5, 5.41) is 0.265. The minimum absolute atomic E-state index is 0.0754. The number of nitrogens with one attached hydrogen (secondary N) is 1. The van der Waals surface area contributed by atoms with E-state index in [2.05, 4.69) is 14.9 Å². The monoisotopic (exact) mass is 339 g/mol. The highest BCUT2D eigenvalue weighted by Crippen LogP contribution is 2.22. The SMILES string of the molecule is O=c1[nH]cnc(N2CCC(Cl)CC2)c1I. The van der Waals surface area contributed by atoms with Gasteiger partial charge < -0.3 is 9.88 Å². The molecule has 6 heteroatoms. The molecule has 0 saturated carbocycles. The van der Waals surface area contributed by atoms with Crippen LogP contribution in [0.3, 0.4) is 0 Å². The first-order valence-electron chi connectivity index (χ1n) is 4.80. The van der Waals surface area contributed by atoms with Crippen molar-refractivity contribution in [2.24, 2.45) is 0 Å². The van der Waals surface area contributed by atoms with Gasteiger partial charge >= 0.3 is 0 Å². The van der Waals surface area contributed by atoms with Crippen molar-refractivity contribution in [3.63, 3.8) is 0 Å². The largest absolute Gasteiger partial charge is 0.355 e. The maximum Gasteiger partial charge on any atom is 0.266 e. The number of nitrogens with zero attached hydrogens (tertiary/aromatic N) is 2. The highest BCUT2D eigenvalue weighted by molar-refractivity contribution is 14.1. The number of H-pyrrole nitrogens is 1. The Bertz CT molecular complexity index is 401. The minimum atomic E-state index is -0.0754. The second-order valence-electron chi connectivity index (χ2n) is 3.53. The van der Waals surface area contributed by atoms with Crippen molar-refractivity contribution in [3.8, 4) is 0 Å².